The molecule has 2 amide bonds. The van der Waals surface area contributed by atoms with Gasteiger partial charge in [0.1, 0.15) is 0 Å². The van der Waals surface area contributed by atoms with Crippen LogP contribution >= 0.6 is 0 Å². The molecule has 1 heterocycles. The zero-order chi connectivity index (χ0) is 15.9. The third-order valence-electron chi connectivity index (χ3n) is 3.11. The molecule has 0 spiro atoms. The fraction of sp³-hybridized carbons (Fsp3) is 0.333. The van der Waals surface area contributed by atoms with Gasteiger partial charge in [-0.1, -0.05) is 13.3 Å². The second-order valence-corrected chi connectivity index (χ2v) is 4.96. The molecule has 2 rings (SSSR count). The number of rotatable bonds is 6. The average Bonchev–Trinajstić information content (AvgIpc) is 2.92. The van der Waals surface area contributed by atoms with Crippen LogP contribution in [-0.2, 0) is 7.05 Å². The van der Waals surface area contributed by atoms with Crippen LogP contribution in [0.3, 0.4) is 0 Å². The molecule has 0 unspecified atom stereocenters. The average molecular weight is 302 g/mol. The van der Waals surface area contributed by atoms with E-state index in [0.717, 1.165) is 12.8 Å². The number of aromatic nitrogens is 3. The van der Waals surface area contributed by atoms with Gasteiger partial charge in [0.05, 0.1) is 7.05 Å². The van der Waals surface area contributed by atoms with Gasteiger partial charge in [0.2, 0.25) is 6.33 Å². The molecule has 0 aliphatic heterocycles. The van der Waals surface area contributed by atoms with E-state index >= 15 is 0 Å². The lowest BCUT2D eigenvalue weighted by Crippen LogP contribution is -2.46. The van der Waals surface area contributed by atoms with E-state index in [4.69, 9.17) is 0 Å². The van der Waals surface area contributed by atoms with Crippen LogP contribution in [0.4, 0.5) is 0 Å². The number of nitrogens with zero attached hydrogens (tertiary/aromatic N) is 3. The molecule has 1 aromatic carbocycles. The summed E-state index contributed by atoms with van der Waals surface area (Å²) in [6.07, 6.45) is 5.11. The first-order valence-electron chi connectivity index (χ1n) is 7.19. The molecule has 7 nitrogen and oxygen atoms in total. The topological polar surface area (TPSA) is 79.9 Å². The second kappa shape index (κ2) is 7.35. The first-order chi connectivity index (χ1) is 10.6. The van der Waals surface area contributed by atoms with Crippen molar-refractivity contribution in [1.82, 2.24) is 15.1 Å². The van der Waals surface area contributed by atoms with Crippen molar-refractivity contribution >= 4 is 11.8 Å². The molecule has 7 heteroatoms. The summed E-state index contributed by atoms with van der Waals surface area (Å²) in [5.41, 5.74) is 3.68. The number of hydrogen-bond acceptors (Lipinski definition) is 3. The third kappa shape index (κ3) is 4.15. The van der Waals surface area contributed by atoms with Crippen molar-refractivity contribution in [3.63, 3.8) is 0 Å². The van der Waals surface area contributed by atoms with Crippen LogP contribution in [-0.4, -0.2) is 28.1 Å². The Hall–Kier alpha value is -2.70. The van der Waals surface area contributed by atoms with Gasteiger partial charge >= 0.3 is 0 Å². The maximum atomic E-state index is 12.0. The van der Waals surface area contributed by atoms with Gasteiger partial charge in [-0.05, 0) is 30.7 Å². The zero-order valence-corrected chi connectivity index (χ0v) is 12.7. The number of benzene rings is 1. The summed E-state index contributed by atoms with van der Waals surface area (Å²) in [5, 5.41) is 6.78. The Morgan fingerprint density at radius 3 is 2.36 bits per heavy atom. The Labute approximate surface area is 128 Å². The van der Waals surface area contributed by atoms with Crippen LogP contribution in [0, 0.1) is 0 Å². The minimum atomic E-state index is -0.268. The zero-order valence-electron chi connectivity index (χ0n) is 12.7. The number of carbonyl (C=O) groups is 2. The van der Waals surface area contributed by atoms with Gasteiger partial charge in [0.15, 0.2) is 0 Å². The molecule has 0 atom stereocenters. The predicted molar refractivity (Wildman–Crippen MR) is 80.8 cm³/mol. The van der Waals surface area contributed by atoms with Crippen molar-refractivity contribution in [2.75, 3.05) is 12.0 Å². The van der Waals surface area contributed by atoms with Gasteiger partial charge in [-0.2, -0.15) is 0 Å². The molecule has 0 saturated heterocycles. The Kier molecular flexibility index (Phi) is 5.24. The lowest BCUT2D eigenvalue weighted by molar-refractivity contribution is -0.642. The summed E-state index contributed by atoms with van der Waals surface area (Å²) in [4.78, 5) is 23.9. The maximum Gasteiger partial charge on any atom is 0.287 e. The van der Waals surface area contributed by atoms with E-state index < -0.39 is 0 Å². The summed E-state index contributed by atoms with van der Waals surface area (Å²) in [6, 6.07) is 6.54. The number of unbranched alkanes of at least 4 members (excludes halogenated alkanes) is 1. The lowest BCUT2D eigenvalue weighted by atomic mass is 10.1. The van der Waals surface area contributed by atoms with E-state index in [1.165, 1.54) is 11.0 Å². The molecule has 22 heavy (non-hydrogen) atoms. The van der Waals surface area contributed by atoms with Gasteiger partial charge in [-0.25, -0.2) is 5.43 Å². The molecule has 2 N–H and O–H groups in total. The minimum Gasteiger partial charge on any atom is -0.352 e. The summed E-state index contributed by atoms with van der Waals surface area (Å²) in [5.74, 6) is -0.391. The molecule has 1 aromatic heterocycles. The number of aryl methyl sites for hydroxylation is 1. The van der Waals surface area contributed by atoms with Crippen LogP contribution in [0.5, 0.6) is 0 Å². The van der Waals surface area contributed by atoms with Crippen molar-refractivity contribution in [2.45, 2.75) is 19.8 Å². The number of amides is 2. The van der Waals surface area contributed by atoms with Gasteiger partial charge in [0.25, 0.3) is 18.1 Å². The van der Waals surface area contributed by atoms with Gasteiger partial charge in [-0.15, -0.1) is 9.36 Å². The first-order valence-corrected chi connectivity index (χ1v) is 7.19. The van der Waals surface area contributed by atoms with Crippen molar-refractivity contribution in [3.8, 4) is 0 Å². The predicted octanol–water partition coefficient (Wildman–Crippen LogP) is 0.621. The van der Waals surface area contributed by atoms with E-state index in [1.807, 2.05) is 0 Å². The van der Waals surface area contributed by atoms with Crippen LogP contribution in [0.1, 0.15) is 40.5 Å². The van der Waals surface area contributed by atoms with Crippen LogP contribution in [0.2, 0.25) is 0 Å². The number of hydrogen-bond donors (Lipinski definition) is 2. The molecule has 2 aromatic rings. The summed E-state index contributed by atoms with van der Waals surface area (Å²) in [7, 11) is 1.76. The molecule has 0 fully saturated rings. The molecule has 0 saturated carbocycles. The monoisotopic (exact) mass is 302 g/mol. The second-order valence-electron chi connectivity index (χ2n) is 4.96. The van der Waals surface area contributed by atoms with Crippen molar-refractivity contribution in [1.29, 1.82) is 0 Å². The summed E-state index contributed by atoms with van der Waals surface area (Å²) >= 11 is 0. The molecule has 0 aliphatic carbocycles. The molecule has 0 bridgehead atoms. The van der Waals surface area contributed by atoms with E-state index in [2.05, 4.69) is 22.8 Å². The highest BCUT2D eigenvalue weighted by Gasteiger charge is 2.11. The van der Waals surface area contributed by atoms with E-state index in [0.29, 0.717) is 17.7 Å². The van der Waals surface area contributed by atoms with E-state index in [1.54, 1.807) is 42.3 Å². The normalized spacial score (nSPS) is 10.3. The van der Waals surface area contributed by atoms with Gasteiger partial charge in [0, 0.05) is 22.8 Å². The third-order valence-corrected chi connectivity index (χ3v) is 3.11. The fourth-order valence-electron chi connectivity index (χ4n) is 1.87. The standard InChI is InChI=1S/C15H19N5O2/c1-3-4-9-16-14(21)12-5-7-13(8-6-12)15(22)18-20-10-17-19(2)11-20/h5-8,10-11H,3-4,9H2,1-2H3,(H-,16,18,21,22)/p+1. The van der Waals surface area contributed by atoms with Crippen LogP contribution < -0.4 is 15.4 Å². The molecule has 0 radical (unpaired) electrons. The van der Waals surface area contributed by atoms with Crippen molar-refractivity contribution in [3.05, 3.63) is 48.0 Å². The SMILES string of the molecule is CCCCNC(=O)c1ccc(C(=O)N[n+]2cnn(C)c2)cc1. The molecule has 0 aliphatic rings. The molecular formula is C15H20N5O2+. The molecular weight excluding hydrogens is 282 g/mol. The number of nitrogens with one attached hydrogen (secondary N) is 2. The van der Waals surface area contributed by atoms with Crippen molar-refractivity contribution < 1.29 is 14.3 Å². The lowest BCUT2D eigenvalue weighted by Gasteiger charge is -2.05. The van der Waals surface area contributed by atoms with Crippen LogP contribution in [0.15, 0.2) is 36.9 Å². The largest absolute Gasteiger partial charge is 0.352 e. The Morgan fingerprint density at radius 2 is 1.82 bits per heavy atom. The first kappa shape index (κ1) is 15.7. The summed E-state index contributed by atoms with van der Waals surface area (Å²) < 4.78 is 3.04. The Morgan fingerprint density at radius 1 is 1.18 bits per heavy atom. The van der Waals surface area contributed by atoms with E-state index in [9.17, 15) is 9.59 Å². The summed E-state index contributed by atoms with van der Waals surface area (Å²) in [6.45, 7) is 2.73. The van der Waals surface area contributed by atoms with Crippen LogP contribution in [0.25, 0.3) is 0 Å². The minimum absolute atomic E-state index is 0.123. The van der Waals surface area contributed by atoms with Gasteiger partial charge in [-0.3, -0.25) is 9.59 Å². The Balaban J connectivity index is 1.96. The van der Waals surface area contributed by atoms with E-state index in [-0.39, 0.29) is 11.8 Å². The maximum absolute atomic E-state index is 12.0. The number of carbonyl (C=O) groups excluding carboxylic acids is 2. The highest BCUT2D eigenvalue weighted by atomic mass is 16.2. The fourth-order valence-corrected chi connectivity index (χ4v) is 1.87. The quantitative estimate of drug-likeness (QED) is 0.606. The van der Waals surface area contributed by atoms with Crippen molar-refractivity contribution in [2.24, 2.45) is 7.05 Å². The van der Waals surface area contributed by atoms with Gasteiger partial charge < -0.3 is 5.32 Å². The molecule has 116 valence electrons. The smallest absolute Gasteiger partial charge is 0.287 e. The Bertz CT molecular complexity index is 648. The highest BCUT2D eigenvalue weighted by Crippen LogP contribution is 2.04. The highest BCUT2D eigenvalue weighted by molar-refractivity contribution is 6.00.